The molecule has 3 rings (SSSR count). The molecule has 2 aromatic rings. The van der Waals surface area contributed by atoms with Crippen molar-refractivity contribution < 1.29 is 14.3 Å². The van der Waals surface area contributed by atoms with E-state index >= 15 is 0 Å². The first-order valence-corrected chi connectivity index (χ1v) is 11.2. The second kappa shape index (κ2) is 9.96. The van der Waals surface area contributed by atoms with Crippen LogP contribution in [-0.2, 0) is 9.53 Å². The highest BCUT2D eigenvalue weighted by Gasteiger charge is 2.29. The second-order valence-corrected chi connectivity index (χ2v) is 8.75. The smallest absolute Gasteiger partial charge is 0.326 e. The van der Waals surface area contributed by atoms with Gasteiger partial charge in [-0.2, -0.15) is 0 Å². The van der Waals surface area contributed by atoms with Gasteiger partial charge in [0.2, 0.25) is 0 Å². The molecule has 1 aliphatic rings. The summed E-state index contributed by atoms with van der Waals surface area (Å²) >= 11 is 1.67. The van der Waals surface area contributed by atoms with Gasteiger partial charge < -0.3 is 19.9 Å². The third kappa shape index (κ3) is 5.25. The van der Waals surface area contributed by atoms with Crippen molar-refractivity contribution in [2.45, 2.75) is 29.6 Å². The fraction of sp³-hybridized carbons (Fsp3) is 0.391. The van der Waals surface area contributed by atoms with Gasteiger partial charge in [-0.3, -0.25) is 9.69 Å². The van der Waals surface area contributed by atoms with Gasteiger partial charge in [0.25, 0.3) is 0 Å². The number of rotatable bonds is 7. The Morgan fingerprint density at radius 1 is 0.968 bits per heavy atom. The zero-order valence-corrected chi connectivity index (χ0v) is 19.6. The molecule has 0 radical (unpaired) electrons. The third-order valence-electron chi connectivity index (χ3n) is 4.96. The van der Waals surface area contributed by atoms with Crippen molar-refractivity contribution >= 4 is 46.5 Å². The van der Waals surface area contributed by atoms with Crippen molar-refractivity contribution in [2.75, 3.05) is 56.0 Å². The summed E-state index contributed by atoms with van der Waals surface area (Å²) in [5, 5.41) is 2.96. The van der Waals surface area contributed by atoms with Crippen LogP contribution in [0.1, 0.15) is 19.8 Å². The molecule has 0 saturated heterocycles. The predicted octanol–water partition coefficient (Wildman–Crippen LogP) is 4.47. The van der Waals surface area contributed by atoms with Gasteiger partial charge in [-0.05, 0) is 49.7 Å². The third-order valence-corrected chi connectivity index (χ3v) is 6.06. The Morgan fingerprint density at radius 3 is 2.00 bits per heavy atom. The van der Waals surface area contributed by atoms with Crippen LogP contribution in [0.2, 0.25) is 0 Å². The molecule has 0 aliphatic carbocycles. The summed E-state index contributed by atoms with van der Waals surface area (Å²) in [6.07, 6.45) is 0.821. The predicted molar refractivity (Wildman–Crippen MR) is 127 cm³/mol. The van der Waals surface area contributed by atoms with Gasteiger partial charge in [-0.25, -0.2) is 4.79 Å². The first-order valence-electron chi connectivity index (χ1n) is 10.4. The molecule has 1 aliphatic heterocycles. The van der Waals surface area contributed by atoms with Gasteiger partial charge in [0, 0.05) is 62.3 Å². The molecule has 2 amide bonds. The molecule has 0 spiro atoms. The molecule has 8 heteroatoms. The normalized spacial score (nSPS) is 12.0. The Bertz CT molecular complexity index is 904. The van der Waals surface area contributed by atoms with E-state index in [1.165, 1.54) is 0 Å². The Morgan fingerprint density at radius 2 is 1.52 bits per heavy atom. The van der Waals surface area contributed by atoms with Gasteiger partial charge in [0.1, 0.15) is 0 Å². The number of nitrogens with zero attached hydrogens (tertiary/aromatic N) is 3. The van der Waals surface area contributed by atoms with Crippen LogP contribution in [0.15, 0.2) is 46.2 Å². The van der Waals surface area contributed by atoms with Gasteiger partial charge in [-0.15, -0.1) is 0 Å². The van der Waals surface area contributed by atoms with E-state index in [0.29, 0.717) is 19.6 Å². The summed E-state index contributed by atoms with van der Waals surface area (Å²) in [6, 6.07) is 12.0. The average molecular weight is 443 g/mol. The fourth-order valence-electron chi connectivity index (χ4n) is 3.30. The number of hydrogen-bond acceptors (Lipinski definition) is 6. The largest absolute Gasteiger partial charge is 0.466 e. The topological polar surface area (TPSA) is 65.1 Å². The highest BCUT2D eigenvalue weighted by Crippen LogP contribution is 2.50. The number of hydrogen-bond donors (Lipinski definition) is 1. The first-order chi connectivity index (χ1) is 14.8. The summed E-state index contributed by atoms with van der Waals surface area (Å²) in [7, 11) is 8.01. The van der Waals surface area contributed by atoms with Gasteiger partial charge in [0.05, 0.1) is 18.0 Å². The molecule has 0 bridgehead atoms. The summed E-state index contributed by atoms with van der Waals surface area (Å²) in [5.41, 5.74) is 3.86. The molecule has 166 valence electrons. The number of carbonyl (C=O) groups is 2. The van der Waals surface area contributed by atoms with E-state index in [2.05, 4.69) is 17.4 Å². The van der Waals surface area contributed by atoms with Crippen molar-refractivity contribution in [1.29, 1.82) is 0 Å². The number of urea groups is 1. The first kappa shape index (κ1) is 22.8. The maximum atomic E-state index is 13.2. The monoisotopic (exact) mass is 442 g/mol. The van der Waals surface area contributed by atoms with Crippen molar-refractivity contribution in [3.63, 3.8) is 0 Å². The zero-order valence-electron chi connectivity index (χ0n) is 18.8. The SMILES string of the molecule is CCOC(=O)CCCNC(=O)N1c2ccc(N(C)C)cc2Sc2cc(N(C)C)ccc21. The van der Waals surface area contributed by atoms with Crippen LogP contribution in [0.3, 0.4) is 0 Å². The maximum Gasteiger partial charge on any atom is 0.326 e. The quantitative estimate of drug-likeness (QED) is 0.504. The van der Waals surface area contributed by atoms with E-state index in [-0.39, 0.29) is 18.4 Å². The van der Waals surface area contributed by atoms with Crippen molar-refractivity contribution in [3.8, 4) is 0 Å². The Hall–Kier alpha value is -2.87. The number of anilines is 4. The van der Waals surface area contributed by atoms with Crippen LogP contribution in [0.4, 0.5) is 27.5 Å². The number of nitrogens with one attached hydrogen (secondary N) is 1. The Labute approximate surface area is 188 Å². The molecular weight excluding hydrogens is 412 g/mol. The molecule has 0 fully saturated rings. The van der Waals surface area contributed by atoms with E-state index in [1.807, 2.05) is 62.3 Å². The number of fused-ring (bicyclic) bond motifs is 2. The molecule has 31 heavy (non-hydrogen) atoms. The minimum Gasteiger partial charge on any atom is -0.466 e. The van der Waals surface area contributed by atoms with Crippen LogP contribution in [0.5, 0.6) is 0 Å². The minimum atomic E-state index is -0.241. The standard InChI is InChI=1S/C23H30N4O3S/c1-6-30-22(28)8-7-13-24-23(29)27-18-11-9-16(25(2)3)14-20(18)31-21-15-17(26(4)5)10-12-19(21)27/h9-12,14-15H,6-8,13H2,1-5H3,(H,24,29). The van der Waals surface area contributed by atoms with E-state index < -0.39 is 0 Å². The van der Waals surface area contributed by atoms with Crippen molar-refractivity contribution in [2.24, 2.45) is 0 Å². The Kier molecular flexibility index (Phi) is 7.33. The summed E-state index contributed by atoms with van der Waals surface area (Å²) in [4.78, 5) is 32.6. The van der Waals surface area contributed by atoms with E-state index in [1.54, 1.807) is 23.6 Å². The molecule has 0 saturated carbocycles. The summed E-state index contributed by atoms with van der Waals surface area (Å²) in [5.74, 6) is -0.241. The maximum absolute atomic E-state index is 13.2. The van der Waals surface area contributed by atoms with Crippen molar-refractivity contribution in [3.05, 3.63) is 36.4 Å². The molecule has 2 aromatic carbocycles. The lowest BCUT2D eigenvalue weighted by molar-refractivity contribution is -0.143. The zero-order chi connectivity index (χ0) is 22.5. The minimum absolute atomic E-state index is 0.207. The highest BCUT2D eigenvalue weighted by molar-refractivity contribution is 7.99. The van der Waals surface area contributed by atoms with E-state index in [9.17, 15) is 9.59 Å². The van der Waals surface area contributed by atoms with Gasteiger partial charge in [-0.1, -0.05) is 11.8 Å². The summed E-state index contributed by atoms with van der Waals surface area (Å²) < 4.78 is 4.95. The van der Waals surface area contributed by atoms with Crippen LogP contribution in [0, 0.1) is 0 Å². The lowest BCUT2D eigenvalue weighted by Crippen LogP contribution is -2.38. The summed E-state index contributed by atoms with van der Waals surface area (Å²) in [6.45, 7) is 2.55. The number of ether oxygens (including phenoxy) is 1. The molecule has 0 aromatic heterocycles. The number of benzene rings is 2. The van der Waals surface area contributed by atoms with Crippen LogP contribution in [-0.4, -0.2) is 53.3 Å². The molecule has 1 N–H and O–H groups in total. The number of esters is 1. The van der Waals surface area contributed by atoms with E-state index in [4.69, 9.17) is 4.74 Å². The fourth-order valence-corrected chi connectivity index (χ4v) is 4.43. The number of carbonyl (C=O) groups excluding carboxylic acids is 2. The molecule has 0 atom stereocenters. The number of amides is 2. The lowest BCUT2D eigenvalue weighted by Gasteiger charge is -2.32. The second-order valence-electron chi connectivity index (χ2n) is 7.67. The lowest BCUT2D eigenvalue weighted by atomic mass is 10.2. The Balaban J connectivity index is 1.86. The van der Waals surface area contributed by atoms with Crippen molar-refractivity contribution in [1.82, 2.24) is 5.32 Å². The van der Waals surface area contributed by atoms with E-state index in [0.717, 1.165) is 32.5 Å². The molecule has 7 nitrogen and oxygen atoms in total. The van der Waals surface area contributed by atoms with Crippen LogP contribution < -0.4 is 20.0 Å². The van der Waals surface area contributed by atoms with Gasteiger partial charge >= 0.3 is 12.0 Å². The van der Waals surface area contributed by atoms with Crippen LogP contribution >= 0.6 is 11.8 Å². The van der Waals surface area contributed by atoms with Gasteiger partial charge in [0.15, 0.2) is 0 Å². The van der Waals surface area contributed by atoms with Crippen LogP contribution in [0.25, 0.3) is 0 Å². The molecule has 0 unspecified atom stereocenters. The molecular formula is C23H30N4O3S. The highest BCUT2D eigenvalue weighted by atomic mass is 32.2. The molecule has 1 heterocycles. The average Bonchev–Trinajstić information content (AvgIpc) is 2.74.